The minimum absolute atomic E-state index is 0.218. The number of fused-ring (bicyclic) bond motifs is 1. The number of para-hydroxylation sites is 1. The number of hydrogen-bond donors (Lipinski definition) is 0. The maximum atomic E-state index is 12.5. The van der Waals surface area contributed by atoms with Crippen LogP contribution in [0.3, 0.4) is 0 Å². The van der Waals surface area contributed by atoms with Crippen molar-refractivity contribution in [1.29, 1.82) is 0 Å². The van der Waals surface area contributed by atoms with Crippen LogP contribution in [0.2, 0.25) is 0 Å². The first kappa shape index (κ1) is 18.1. The van der Waals surface area contributed by atoms with Crippen LogP contribution in [0.5, 0.6) is 0 Å². The molecule has 0 aromatic heterocycles. The van der Waals surface area contributed by atoms with E-state index in [0.29, 0.717) is 18.8 Å². The molecule has 1 atom stereocenters. The van der Waals surface area contributed by atoms with Crippen molar-refractivity contribution in [2.45, 2.75) is 38.7 Å². The fourth-order valence-electron chi connectivity index (χ4n) is 3.37. The summed E-state index contributed by atoms with van der Waals surface area (Å²) in [7, 11) is 0. The number of hydrogen-bond acceptors (Lipinski definition) is 5. The van der Waals surface area contributed by atoms with E-state index in [1.165, 1.54) is 6.92 Å². The molecule has 1 aromatic rings. The molecule has 2 aliphatic heterocycles. The predicted octanol–water partition coefficient (Wildman–Crippen LogP) is 1.55. The van der Waals surface area contributed by atoms with Gasteiger partial charge in [-0.1, -0.05) is 25.0 Å². The van der Waals surface area contributed by atoms with Crippen molar-refractivity contribution in [3.63, 3.8) is 0 Å². The largest absolute Gasteiger partial charge is 0.451 e. The van der Waals surface area contributed by atoms with Crippen LogP contribution in [0, 0.1) is 0 Å². The Morgan fingerprint density at radius 1 is 1.08 bits per heavy atom. The molecule has 0 aliphatic carbocycles. The number of ketones is 1. The number of carbonyl (C=O) groups excluding carboxylic acids is 4. The van der Waals surface area contributed by atoms with Crippen molar-refractivity contribution in [1.82, 2.24) is 4.90 Å². The predicted molar refractivity (Wildman–Crippen MR) is 93.7 cm³/mol. The third-order valence-corrected chi connectivity index (χ3v) is 4.74. The second kappa shape index (κ2) is 7.68. The first-order chi connectivity index (χ1) is 12.5. The lowest BCUT2D eigenvalue weighted by atomic mass is 10.1. The van der Waals surface area contributed by atoms with Gasteiger partial charge in [0.1, 0.15) is 6.54 Å². The monoisotopic (exact) mass is 358 g/mol. The summed E-state index contributed by atoms with van der Waals surface area (Å²) in [4.78, 5) is 51.6. The number of benzene rings is 1. The molecule has 7 nitrogen and oxygen atoms in total. The van der Waals surface area contributed by atoms with Crippen LogP contribution >= 0.6 is 0 Å². The second-order valence-corrected chi connectivity index (χ2v) is 6.61. The number of esters is 1. The Balaban J connectivity index is 1.61. The Morgan fingerprint density at radius 2 is 1.73 bits per heavy atom. The van der Waals surface area contributed by atoms with E-state index in [4.69, 9.17) is 4.74 Å². The summed E-state index contributed by atoms with van der Waals surface area (Å²) in [6.45, 7) is 2.50. The molecular formula is C19H22N2O5. The zero-order valence-electron chi connectivity index (χ0n) is 14.8. The molecule has 1 saturated heterocycles. The number of ether oxygens (including phenoxy) is 1. The van der Waals surface area contributed by atoms with Gasteiger partial charge < -0.3 is 9.64 Å². The normalized spacial score (nSPS) is 18.3. The summed E-state index contributed by atoms with van der Waals surface area (Å²) in [5.74, 6) is -2.32. The smallest absolute Gasteiger partial charge is 0.326 e. The summed E-state index contributed by atoms with van der Waals surface area (Å²) >= 11 is 0. The van der Waals surface area contributed by atoms with Crippen LogP contribution in [0.4, 0.5) is 5.69 Å². The standard InChI is InChI=1S/C19H22N2O5/c1-13(18(24)20-10-6-2-3-7-11-20)26-16(22)12-21-15-9-5-4-8-14(15)17(23)19(21)25/h4-5,8-9,13H,2-3,6-7,10-12H2,1H3/t13-/m0/s1. The Labute approximate surface area is 151 Å². The maximum absolute atomic E-state index is 12.5. The quantitative estimate of drug-likeness (QED) is 0.602. The zero-order valence-corrected chi connectivity index (χ0v) is 14.8. The van der Waals surface area contributed by atoms with Gasteiger partial charge in [0.05, 0.1) is 11.3 Å². The number of nitrogens with zero attached hydrogens (tertiary/aromatic N) is 2. The van der Waals surface area contributed by atoms with Crippen molar-refractivity contribution in [3.05, 3.63) is 29.8 Å². The Kier molecular flexibility index (Phi) is 5.35. The van der Waals surface area contributed by atoms with Gasteiger partial charge in [-0.25, -0.2) is 0 Å². The van der Waals surface area contributed by atoms with Crippen molar-refractivity contribution >= 4 is 29.3 Å². The lowest BCUT2D eigenvalue weighted by Gasteiger charge is -2.24. The highest BCUT2D eigenvalue weighted by Crippen LogP contribution is 2.28. The number of anilines is 1. The molecule has 0 radical (unpaired) electrons. The molecule has 1 aromatic carbocycles. The average molecular weight is 358 g/mol. The van der Waals surface area contributed by atoms with E-state index >= 15 is 0 Å². The van der Waals surface area contributed by atoms with E-state index in [1.54, 1.807) is 29.2 Å². The Bertz CT molecular complexity index is 737. The van der Waals surface area contributed by atoms with Crippen LogP contribution in [0.15, 0.2) is 24.3 Å². The van der Waals surface area contributed by atoms with E-state index < -0.39 is 23.8 Å². The van der Waals surface area contributed by atoms with Gasteiger partial charge in [0.15, 0.2) is 6.10 Å². The fourth-order valence-corrected chi connectivity index (χ4v) is 3.37. The number of rotatable bonds is 4. The van der Waals surface area contributed by atoms with Crippen LogP contribution in [0.25, 0.3) is 0 Å². The number of amides is 2. The van der Waals surface area contributed by atoms with Crippen molar-refractivity contribution in [3.8, 4) is 0 Å². The molecule has 2 amide bonds. The molecule has 0 N–H and O–H groups in total. The highest BCUT2D eigenvalue weighted by Gasteiger charge is 2.37. The lowest BCUT2D eigenvalue weighted by molar-refractivity contribution is -0.158. The first-order valence-corrected chi connectivity index (χ1v) is 8.92. The summed E-state index contributed by atoms with van der Waals surface area (Å²) in [6, 6.07) is 6.51. The van der Waals surface area contributed by atoms with Gasteiger partial charge in [0, 0.05) is 13.1 Å². The molecule has 7 heteroatoms. The van der Waals surface area contributed by atoms with Crippen LogP contribution < -0.4 is 4.90 Å². The average Bonchev–Trinajstić information content (AvgIpc) is 2.84. The topological polar surface area (TPSA) is 84.0 Å². The van der Waals surface area contributed by atoms with Crippen molar-refractivity contribution < 1.29 is 23.9 Å². The molecule has 26 heavy (non-hydrogen) atoms. The lowest BCUT2D eigenvalue weighted by Crippen LogP contribution is -2.42. The van der Waals surface area contributed by atoms with Gasteiger partial charge in [0.25, 0.3) is 17.6 Å². The Morgan fingerprint density at radius 3 is 2.42 bits per heavy atom. The molecule has 0 bridgehead atoms. The van der Waals surface area contributed by atoms with Gasteiger partial charge in [0.2, 0.25) is 0 Å². The SMILES string of the molecule is C[C@H](OC(=O)CN1C(=O)C(=O)c2ccccc21)C(=O)N1CCCCCC1. The van der Waals surface area contributed by atoms with E-state index in [1.807, 2.05) is 0 Å². The van der Waals surface area contributed by atoms with Crippen LogP contribution in [-0.4, -0.2) is 54.2 Å². The third kappa shape index (κ3) is 3.61. The van der Waals surface area contributed by atoms with Gasteiger partial charge in [-0.15, -0.1) is 0 Å². The van der Waals surface area contributed by atoms with Crippen LogP contribution in [-0.2, 0) is 19.1 Å². The highest BCUT2D eigenvalue weighted by molar-refractivity contribution is 6.52. The van der Waals surface area contributed by atoms with Crippen LogP contribution in [0.1, 0.15) is 43.0 Å². The van der Waals surface area contributed by atoms with E-state index in [-0.39, 0.29) is 18.0 Å². The molecule has 0 unspecified atom stereocenters. The molecule has 0 saturated carbocycles. The number of carbonyl (C=O) groups is 4. The van der Waals surface area contributed by atoms with Gasteiger partial charge in [-0.3, -0.25) is 24.1 Å². The molecule has 138 valence electrons. The molecule has 2 heterocycles. The molecule has 1 fully saturated rings. The van der Waals surface area contributed by atoms with Gasteiger partial charge in [-0.05, 0) is 31.9 Å². The first-order valence-electron chi connectivity index (χ1n) is 8.92. The number of Topliss-reactive ketones (excluding diaryl/α,β-unsaturated/α-hetero) is 1. The summed E-state index contributed by atoms with van der Waals surface area (Å²) in [6.07, 6.45) is 3.19. The molecule has 2 aliphatic rings. The summed E-state index contributed by atoms with van der Waals surface area (Å²) in [5, 5.41) is 0. The maximum Gasteiger partial charge on any atom is 0.326 e. The van der Waals surface area contributed by atoms with E-state index in [9.17, 15) is 19.2 Å². The Hall–Kier alpha value is -2.70. The fraction of sp³-hybridized carbons (Fsp3) is 0.474. The minimum Gasteiger partial charge on any atom is -0.451 e. The molecule has 3 rings (SSSR count). The zero-order chi connectivity index (χ0) is 18.7. The summed E-state index contributed by atoms with van der Waals surface area (Å²) in [5.41, 5.74) is 0.671. The van der Waals surface area contributed by atoms with Gasteiger partial charge in [-0.2, -0.15) is 0 Å². The minimum atomic E-state index is -0.913. The van der Waals surface area contributed by atoms with Crippen molar-refractivity contribution in [2.75, 3.05) is 24.5 Å². The summed E-state index contributed by atoms with van der Waals surface area (Å²) < 4.78 is 5.23. The van der Waals surface area contributed by atoms with Gasteiger partial charge >= 0.3 is 5.97 Å². The molecular weight excluding hydrogens is 336 g/mol. The van der Waals surface area contributed by atoms with Crippen molar-refractivity contribution in [2.24, 2.45) is 0 Å². The molecule has 0 spiro atoms. The number of likely N-dealkylation sites (tertiary alicyclic amines) is 1. The van der Waals surface area contributed by atoms with E-state index in [2.05, 4.69) is 0 Å². The highest BCUT2D eigenvalue weighted by atomic mass is 16.5. The van der Waals surface area contributed by atoms with E-state index in [0.717, 1.165) is 30.6 Å². The second-order valence-electron chi connectivity index (χ2n) is 6.61. The third-order valence-electron chi connectivity index (χ3n) is 4.74.